The molecule has 2 saturated heterocycles. The Balaban J connectivity index is 0.00000280. The third-order valence-electron chi connectivity index (χ3n) is 4.87. The molecular formula is C19H31IN4O3S. The van der Waals surface area contributed by atoms with E-state index in [2.05, 4.69) is 32.7 Å². The minimum atomic E-state index is -0.00325. The van der Waals surface area contributed by atoms with E-state index >= 15 is 0 Å². The van der Waals surface area contributed by atoms with Gasteiger partial charge < -0.3 is 24.6 Å². The third-order valence-corrected chi connectivity index (χ3v) is 5.81. The number of hydrogen-bond acceptors (Lipinski definition) is 5. The number of amides is 1. The van der Waals surface area contributed by atoms with E-state index in [0.717, 1.165) is 51.5 Å². The first-order valence-corrected chi connectivity index (χ1v) is 10.5. The Morgan fingerprint density at radius 3 is 2.86 bits per heavy atom. The molecule has 28 heavy (non-hydrogen) atoms. The van der Waals surface area contributed by atoms with Gasteiger partial charge in [0.05, 0.1) is 12.7 Å². The van der Waals surface area contributed by atoms with Crippen LogP contribution in [0.5, 0.6) is 0 Å². The number of rotatable bonds is 6. The maximum atomic E-state index is 12.0. The van der Waals surface area contributed by atoms with Crippen LogP contribution in [0, 0.1) is 0 Å². The number of nitrogens with zero attached hydrogens (tertiary/aromatic N) is 3. The minimum Gasteiger partial charge on any atom is -0.375 e. The summed E-state index contributed by atoms with van der Waals surface area (Å²) in [5, 5.41) is 5.54. The number of guanidine groups is 1. The molecule has 2 fully saturated rings. The van der Waals surface area contributed by atoms with Gasteiger partial charge in [-0.05, 0) is 30.7 Å². The quantitative estimate of drug-likeness (QED) is 0.351. The molecule has 1 N–H and O–H groups in total. The first-order valence-electron chi connectivity index (χ1n) is 9.62. The molecule has 0 spiro atoms. The molecule has 2 aliphatic heterocycles. The Hall–Kier alpha value is -0.910. The monoisotopic (exact) mass is 522 g/mol. The van der Waals surface area contributed by atoms with Gasteiger partial charge in [0, 0.05) is 45.2 Å². The highest BCUT2D eigenvalue weighted by molar-refractivity contribution is 14.0. The highest BCUT2D eigenvalue weighted by Crippen LogP contribution is 2.21. The van der Waals surface area contributed by atoms with Crippen molar-refractivity contribution in [3.05, 3.63) is 22.4 Å². The molecule has 2 atom stereocenters. The number of carbonyl (C=O) groups is 1. The Kier molecular flexibility index (Phi) is 9.96. The summed E-state index contributed by atoms with van der Waals surface area (Å²) in [6, 6.07) is 4.21. The minimum absolute atomic E-state index is 0. The van der Waals surface area contributed by atoms with E-state index in [1.807, 2.05) is 0 Å². The van der Waals surface area contributed by atoms with Gasteiger partial charge in [-0.2, -0.15) is 0 Å². The normalized spacial score (nSPS) is 22.6. The van der Waals surface area contributed by atoms with Crippen LogP contribution in [0.1, 0.15) is 17.7 Å². The number of morpholine rings is 1. The Morgan fingerprint density at radius 1 is 1.36 bits per heavy atom. The highest BCUT2D eigenvalue weighted by Gasteiger charge is 2.32. The van der Waals surface area contributed by atoms with Crippen LogP contribution in [0.4, 0.5) is 0 Å². The predicted octanol–water partition coefficient (Wildman–Crippen LogP) is 1.82. The van der Waals surface area contributed by atoms with E-state index in [9.17, 15) is 4.79 Å². The molecule has 1 aromatic heterocycles. The second-order valence-electron chi connectivity index (χ2n) is 7.09. The topological polar surface area (TPSA) is 66.4 Å². The van der Waals surface area contributed by atoms with E-state index in [1.54, 1.807) is 30.3 Å². The SMILES string of the molecule is CN(C)C(=O)CN=C(NCCc1cccs1)N1CCOC(C2CCCO2)C1.I. The Bertz CT molecular complexity index is 621. The molecule has 0 aliphatic carbocycles. The lowest BCUT2D eigenvalue weighted by atomic mass is 10.1. The molecule has 1 aromatic rings. The molecule has 2 unspecified atom stereocenters. The Labute approximate surface area is 188 Å². The first kappa shape index (κ1) is 23.4. The molecule has 2 aliphatic rings. The van der Waals surface area contributed by atoms with Crippen molar-refractivity contribution in [2.75, 3.05) is 53.5 Å². The zero-order valence-corrected chi connectivity index (χ0v) is 19.8. The molecule has 158 valence electrons. The van der Waals surface area contributed by atoms with Crippen molar-refractivity contribution < 1.29 is 14.3 Å². The summed E-state index contributed by atoms with van der Waals surface area (Å²) in [4.78, 5) is 21.7. The van der Waals surface area contributed by atoms with E-state index in [0.29, 0.717) is 6.61 Å². The maximum Gasteiger partial charge on any atom is 0.243 e. The number of carbonyl (C=O) groups excluding carboxylic acids is 1. The number of halogens is 1. The van der Waals surface area contributed by atoms with Gasteiger partial charge >= 0.3 is 0 Å². The molecule has 7 nitrogen and oxygen atoms in total. The predicted molar refractivity (Wildman–Crippen MR) is 123 cm³/mol. The van der Waals surface area contributed by atoms with Gasteiger partial charge in [0.15, 0.2) is 5.96 Å². The van der Waals surface area contributed by atoms with Crippen molar-refractivity contribution >= 4 is 47.2 Å². The van der Waals surface area contributed by atoms with E-state index in [-0.39, 0.29) is 48.6 Å². The zero-order valence-electron chi connectivity index (χ0n) is 16.6. The van der Waals surface area contributed by atoms with Gasteiger partial charge in [0.1, 0.15) is 12.6 Å². The van der Waals surface area contributed by atoms with Crippen molar-refractivity contribution in [2.45, 2.75) is 31.5 Å². The average molecular weight is 522 g/mol. The summed E-state index contributed by atoms with van der Waals surface area (Å²) < 4.78 is 11.8. The molecule has 0 aromatic carbocycles. The summed E-state index contributed by atoms with van der Waals surface area (Å²) in [6.07, 6.45) is 3.33. The van der Waals surface area contributed by atoms with Crippen molar-refractivity contribution in [2.24, 2.45) is 4.99 Å². The lowest BCUT2D eigenvalue weighted by Crippen LogP contribution is -2.53. The largest absolute Gasteiger partial charge is 0.375 e. The van der Waals surface area contributed by atoms with Crippen LogP contribution in [-0.4, -0.2) is 87.4 Å². The lowest BCUT2D eigenvalue weighted by molar-refractivity contribution is -0.127. The van der Waals surface area contributed by atoms with E-state index in [1.165, 1.54) is 4.88 Å². The fourth-order valence-electron chi connectivity index (χ4n) is 3.29. The molecule has 0 bridgehead atoms. The van der Waals surface area contributed by atoms with E-state index < -0.39 is 0 Å². The van der Waals surface area contributed by atoms with Gasteiger partial charge in [-0.3, -0.25) is 4.79 Å². The second kappa shape index (κ2) is 11.9. The summed E-state index contributed by atoms with van der Waals surface area (Å²) in [7, 11) is 3.51. The molecular weight excluding hydrogens is 491 g/mol. The van der Waals surface area contributed by atoms with Gasteiger partial charge in [0.2, 0.25) is 5.91 Å². The van der Waals surface area contributed by atoms with Crippen molar-refractivity contribution in [3.63, 3.8) is 0 Å². The number of hydrogen-bond donors (Lipinski definition) is 1. The third kappa shape index (κ3) is 6.85. The van der Waals surface area contributed by atoms with Crippen LogP contribution in [0.2, 0.25) is 0 Å². The van der Waals surface area contributed by atoms with Crippen LogP contribution in [0.15, 0.2) is 22.5 Å². The second-order valence-corrected chi connectivity index (χ2v) is 8.12. The van der Waals surface area contributed by atoms with Gasteiger partial charge in [0.25, 0.3) is 0 Å². The standard InChI is InChI=1S/C19H30N4O3S.HI/c1-22(2)18(24)13-21-19(20-8-7-15-5-4-12-27-15)23-9-11-26-17(14-23)16-6-3-10-25-16;/h4-5,12,16-17H,3,6-11,13-14H2,1-2H3,(H,20,21);1H. The average Bonchev–Trinajstić information content (AvgIpc) is 3.38. The van der Waals surface area contributed by atoms with Gasteiger partial charge in [-0.25, -0.2) is 4.99 Å². The van der Waals surface area contributed by atoms with Crippen LogP contribution in [-0.2, 0) is 20.7 Å². The number of aliphatic imine (C=N–C) groups is 1. The zero-order chi connectivity index (χ0) is 19.1. The first-order chi connectivity index (χ1) is 13.1. The number of nitrogens with one attached hydrogen (secondary N) is 1. The lowest BCUT2D eigenvalue weighted by Gasteiger charge is -2.37. The smallest absolute Gasteiger partial charge is 0.243 e. The Morgan fingerprint density at radius 2 is 2.18 bits per heavy atom. The fraction of sp³-hybridized carbons (Fsp3) is 0.684. The van der Waals surface area contributed by atoms with Crippen molar-refractivity contribution in [1.82, 2.24) is 15.1 Å². The molecule has 3 heterocycles. The summed E-state index contributed by atoms with van der Waals surface area (Å²) in [5.41, 5.74) is 0. The number of ether oxygens (including phenoxy) is 2. The molecule has 1 amide bonds. The van der Waals surface area contributed by atoms with Crippen LogP contribution < -0.4 is 5.32 Å². The van der Waals surface area contributed by atoms with Gasteiger partial charge in [-0.1, -0.05) is 6.07 Å². The summed E-state index contributed by atoms with van der Waals surface area (Å²) >= 11 is 1.76. The molecule has 9 heteroatoms. The van der Waals surface area contributed by atoms with Crippen LogP contribution in [0.3, 0.4) is 0 Å². The molecule has 3 rings (SSSR count). The van der Waals surface area contributed by atoms with E-state index in [4.69, 9.17) is 9.47 Å². The van der Waals surface area contributed by atoms with Crippen LogP contribution >= 0.6 is 35.3 Å². The highest BCUT2D eigenvalue weighted by atomic mass is 127. The maximum absolute atomic E-state index is 12.0. The molecule has 0 saturated carbocycles. The van der Waals surface area contributed by atoms with Crippen molar-refractivity contribution in [1.29, 1.82) is 0 Å². The number of thiophene rings is 1. The summed E-state index contributed by atoms with van der Waals surface area (Å²) in [5.74, 6) is 0.782. The molecule has 0 radical (unpaired) electrons. The van der Waals surface area contributed by atoms with Crippen molar-refractivity contribution in [3.8, 4) is 0 Å². The van der Waals surface area contributed by atoms with Gasteiger partial charge in [-0.15, -0.1) is 35.3 Å². The number of likely N-dealkylation sites (N-methyl/N-ethyl adjacent to an activating group) is 1. The van der Waals surface area contributed by atoms with Crippen LogP contribution in [0.25, 0.3) is 0 Å². The fourth-order valence-corrected chi connectivity index (χ4v) is 4.00. The summed E-state index contributed by atoms with van der Waals surface area (Å²) in [6.45, 7) is 3.92.